The Bertz CT molecular complexity index is 233. The van der Waals surface area contributed by atoms with Gasteiger partial charge in [0.15, 0.2) is 0 Å². The molecule has 0 radical (unpaired) electrons. The van der Waals surface area contributed by atoms with Gasteiger partial charge < -0.3 is 4.74 Å². The molecule has 0 fully saturated rings. The SMILES string of the molecule is CCCC(C(=O)OCC)N(C)C(C)C(C)(C)C. The third-order valence-electron chi connectivity index (χ3n) is 3.48. The van der Waals surface area contributed by atoms with Crippen molar-refractivity contribution in [3.05, 3.63) is 0 Å². The Morgan fingerprint density at radius 1 is 1.29 bits per heavy atom. The summed E-state index contributed by atoms with van der Waals surface area (Å²) in [5.74, 6) is -0.0899. The van der Waals surface area contributed by atoms with Gasteiger partial charge in [0.25, 0.3) is 0 Å². The molecule has 0 bridgehead atoms. The van der Waals surface area contributed by atoms with E-state index < -0.39 is 0 Å². The molecule has 0 rings (SSSR count). The van der Waals surface area contributed by atoms with Crippen LogP contribution in [-0.2, 0) is 9.53 Å². The van der Waals surface area contributed by atoms with Crippen molar-refractivity contribution in [3.63, 3.8) is 0 Å². The van der Waals surface area contributed by atoms with E-state index in [1.54, 1.807) is 0 Å². The molecule has 0 saturated heterocycles. The Labute approximate surface area is 107 Å². The average Bonchev–Trinajstić information content (AvgIpc) is 2.22. The summed E-state index contributed by atoms with van der Waals surface area (Å²) in [6, 6.07) is 0.220. The van der Waals surface area contributed by atoms with Crippen molar-refractivity contribution >= 4 is 5.97 Å². The molecule has 0 aromatic carbocycles. The molecule has 0 amide bonds. The Morgan fingerprint density at radius 3 is 2.18 bits per heavy atom. The van der Waals surface area contributed by atoms with Gasteiger partial charge in [-0.15, -0.1) is 0 Å². The van der Waals surface area contributed by atoms with Gasteiger partial charge in [-0.05, 0) is 32.7 Å². The molecule has 0 heterocycles. The second-order valence-corrected chi connectivity index (χ2v) is 5.76. The summed E-state index contributed by atoms with van der Waals surface area (Å²) < 4.78 is 5.16. The molecule has 0 saturated carbocycles. The maximum Gasteiger partial charge on any atom is 0.323 e. The molecule has 3 heteroatoms. The average molecular weight is 243 g/mol. The normalized spacial score (nSPS) is 15.8. The number of carbonyl (C=O) groups is 1. The van der Waals surface area contributed by atoms with Crippen LogP contribution in [-0.4, -0.2) is 36.6 Å². The molecule has 0 aliphatic rings. The smallest absolute Gasteiger partial charge is 0.323 e. The largest absolute Gasteiger partial charge is 0.465 e. The third-order valence-corrected chi connectivity index (χ3v) is 3.48. The van der Waals surface area contributed by atoms with Gasteiger partial charge in [-0.25, -0.2) is 0 Å². The number of hydrogen-bond acceptors (Lipinski definition) is 3. The van der Waals surface area contributed by atoms with Gasteiger partial charge in [-0.1, -0.05) is 34.1 Å². The van der Waals surface area contributed by atoms with Crippen molar-refractivity contribution in [2.75, 3.05) is 13.7 Å². The quantitative estimate of drug-likeness (QED) is 0.671. The van der Waals surface area contributed by atoms with E-state index in [0.29, 0.717) is 12.6 Å². The van der Waals surface area contributed by atoms with Gasteiger partial charge >= 0.3 is 5.97 Å². The van der Waals surface area contributed by atoms with Crippen molar-refractivity contribution in [2.24, 2.45) is 5.41 Å². The molecule has 3 nitrogen and oxygen atoms in total. The summed E-state index contributed by atoms with van der Waals surface area (Å²) in [4.78, 5) is 14.1. The highest BCUT2D eigenvalue weighted by Crippen LogP contribution is 2.25. The first-order valence-electron chi connectivity index (χ1n) is 6.64. The van der Waals surface area contributed by atoms with Crippen LogP contribution in [0.2, 0.25) is 0 Å². The lowest BCUT2D eigenvalue weighted by atomic mass is 9.86. The second kappa shape index (κ2) is 7.00. The summed E-state index contributed by atoms with van der Waals surface area (Å²) in [5.41, 5.74) is 0.160. The first kappa shape index (κ1) is 16.4. The lowest BCUT2D eigenvalue weighted by molar-refractivity contribution is -0.151. The van der Waals surface area contributed by atoms with Crippen molar-refractivity contribution in [2.45, 2.75) is 66.5 Å². The zero-order valence-corrected chi connectivity index (χ0v) is 12.5. The number of likely N-dealkylation sites (N-methyl/N-ethyl adjacent to an activating group) is 1. The van der Waals surface area contributed by atoms with Crippen LogP contribution in [0.3, 0.4) is 0 Å². The molecular formula is C14H29NO2. The summed E-state index contributed by atoms with van der Waals surface area (Å²) >= 11 is 0. The van der Waals surface area contributed by atoms with Crippen molar-refractivity contribution in [1.82, 2.24) is 4.90 Å². The van der Waals surface area contributed by atoms with Crippen LogP contribution >= 0.6 is 0 Å². The minimum atomic E-state index is -0.117. The van der Waals surface area contributed by atoms with E-state index in [9.17, 15) is 4.79 Å². The van der Waals surface area contributed by atoms with E-state index in [1.165, 1.54) is 0 Å². The predicted octanol–water partition coefficient (Wildman–Crippen LogP) is 3.08. The second-order valence-electron chi connectivity index (χ2n) is 5.76. The molecule has 2 unspecified atom stereocenters. The molecule has 102 valence electrons. The van der Waals surface area contributed by atoms with E-state index in [1.807, 2.05) is 14.0 Å². The van der Waals surface area contributed by atoms with E-state index in [4.69, 9.17) is 4.74 Å². The number of ether oxygens (including phenoxy) is 1. The Morgan fingerprint density at radius 2 is 1.82 bits per heavy atom. The van der Waals surface area contributed by atoms with Crippen LogP contribution in [0.1, 0.15) is 54.4 Å². The fourth-order valence-electron chi connectivity index (χ4n) is 1.88. The highest BCUT2D eigenvalue weighted by atomic mass is 16.5. The zero-order chi connectivity index (χ0) is 13.6. The van der Waals surface area contributed by atoms with Crippen LogP contribution < -0.4 is 0 Å². The van der Waals surface area contributed by atoms with Crippen LogP contribution in [0.15, 0.2) is 0 Å². The standard InChI is InChI=1S/C14H29NO2/c1-8-10-12(13(16)17-9-2)15(7)11(3)14(4,5)6/h11-12H,8-10H2,1-7H3. The third kappa shape index (κ3) is 5.07. The fraction of sp³-hybridized carbons (Fsp3) is 0.929. The molecule has 17 heavy (non-hydrogen) atoms. The van der Waals surface area contributed by atoms with Gasteiger partial charge in [0.05, 0.1) is 6.61 Å². The van der Waals surface area contributed by atoms with Gasteiger partial charge in [0, 0.05) is 6.04 Å². The first-order chi connectivity index (χ1) is 7.75. The van der Waals surface area contributed by atoms with E-state index in [2.05, 4.69) is 39.5 Å². The Balaban J connectivity index is 4.75. The number of nitrogens with zero attached hydrogens (tertiary/aromatic N) is 1. The monoisotopic (exact) mass is 243 g/mol. The minimum absolute atomic E-state index is 0.0899. The summed E-state index contributed by atoms with van der Waals surface area (Å²) in [5, 5.41) is 0. The van der Waals surface area contributed by atoms with Crippen LogP contribution in [0, 0.1) is 5.41 Å². The van der Waals surface area contributed by atoms with Crippen molar-refractivity contribution in [3.8, 4) is 0 Å². The first-order valence-corrected chi connectivity index (χ1v) is 6.64. The number of carbonyl (C=O) groups excluding carboxylic acids is 1. The summed E-state index contributed by atoms with van der Waals surface area (Å²) in [6.07, 6.45) is 1.85. The van der Waals surface area contributed by atoms with Crippen LogP contribution in [0.4, 0.5) is 0 Å². The van der Waals surface area contributed by atoms with Gasteiger partial charge in [-0.3, -0.25) is 9.69 Å². The van der Waals surface area contributed by atoms with Crippen LogP contribution in [0.5, 0.6) is 0 Å². The molecule has 0 aromatic heterocycles. The van der Waals surface area contributed by atoms with Crippen LogP contribution in [0.25, 0.3) is 0 Å². The van der Waals surface area contributed by atoms with Gasteiger partial charge in [0.2, 0.25) is 0 Å². The number of rotatable bonds is 6. The molecule has 0 aliphatic heterocycles. The topological polar surface area (TPSA) is 29.5 Å². The lowest BCUT2D eigenvalue weighted by Gasteiger charge is -2.39. The molecule has 0 aliphatic carbocycles. The molecule has 0 spiro atoms. The van der Waals surface area contributed by atoms with E-state index in [0.717, 1.165) is 12.8 Å². The molecule has 2 atom stereocenters. The maximum atomic E-state index is 11.9. The highest BCUT2D eigenvalue weighted by Gasteiger charge is 2.32. The Kier molecular flexibility index (Phi) is 6.76. The van der Waals surface area contributed by atoms with Crippen molar-refractivity contribution in [1.29, 1.82) is 0 Å². The van der Waals surface area contributed by atoms with Gasteiger partial charge in [0.1, 0.15) is 6.04 Å². The predicted molar refractivity (Wildman–Crippen MR) is 72.0 cm³/mol. The maximum absolute atomic E-state index is 11.9. The Hall–Kier alpha value is -0.570. The van der Waals surface area contributed by atoms with Gasteiger partial charge in [-0.2, -0.15) is 0 Å². The molecule has 0 N–H and O–H groups in total. The molecule has 0 aromatic rings. The number of esters is 1. The molecular weight excluding hydrogens is 214 g/mol. The minimum Gasteiger partial charge on any atom is -0.465 e. The van der Waals surface area contributed by atoms with E-state index in [-0.39, 0.29) is 17.4 Å². The van der Waals surface area contributed by atoms with Crippen molar-refractivity contribution < 1.29 is 9.53 Å². The zero-order valence-electron chi connectivity index (χ0n) is 12.5. The summed E-state index contributed by atoms with van der Waals surface area (Å²) in [7, 11) is 2.02. The summed E-state index contributed by atoms with van der Waals surface area (Å²) in [6.45, 7) is 13.2. The highest BCUT2D eigenvalue weighted by molar-refractivity contribution is 5.75. The number of hydrogen-bond donors (Lipinski definition) is 0. The van der Waals surface area contributed by atoms with E-state index >= 15 is 0 Å². The lowest BCUT2D eigenvalue weighted by Crippen LogP contribution is -2.49. The fourth-order valence-corrected chi connectivity index (χ4v) is 1.88.